The van der Waals surface area contributed by atoms with Crippen molar-refractivity contribution in [1.82, 2.24) is 15.1 Å². The Balaban J connectivity index is 1.53. The van der Waals surface area contributed by atoms with Crippen molar-refractivity contribution in [1.29, 1.82) is 0 Å². The monoisotopic (exact) mass is 466 g/mol. The Labute approximate surface area is 185 Å². The van der Waals surface area contributed by atoms with E-state index in [4.69, 9.17) is 10.5 Å². The Morgan fingerprint density at radius 2 is 2.03 bits per heavy atom. The normalized spacial score (nSPS) is 24.4. The summed E-state index contributed by atoms with van der Waals surface area (Å²) in [6.45, 7) is 2.04. The minimum atomic E-state index is -0.0249. The van der Waals surface area contributed by atoms with E-state index in [1.807, 2.05) is 12.1 Å². The summed E-state index contributed by atoms with van der Waals surface area (Å²) in [6, 6.07) is 17.4. The lowest BCUT2D eigenvalue weighted by atomic mass is 9.84. The highest BCUT2D eigenvalue weighted by Gasteiger charge is 2.37. The molecule has 1 fully saturated rings. The zero-order valence-corrected chi connectivity index (χ0v) is 18.5. The van der Waals surface area contributed by atoms with Crippen molar-refractivity contribution in [2.24, 2.45) is 5.73 Å². The van der Waals surface area contributed by atoms with Crippen LogP contribution < -0.4 is 10.5 Å². The van der Waals surface area contributed by atoms with Crippen LogP contribution in [-0.2, 0) is 6.42 Å². The van der Waals surface area contributed by atoms with Crippen LogP contribution >= 0.6 is 15.9 Å². The summed E-state index contributed by atoms with van der Waals surface area (Å²) >= 11 is 3.60. The third kappa shape index (κ3) is 3.92. The van der Waals surface area contributed by atoms with Crippen molar-refractivity contribution >= 4 is 15.9 Å². The molecule has 2 unspecified atom stereocenters. The quantitative estimate of drug-likeness (QED) is 0.584. The van der Waals surface area contributed by atoms with Crippen LogP contribution in [0, 0.1) is 0 Å². The Hall–Kier alpha value is -2.15. The predicted molar refractivity (Wildman–Crippen MR) is 122 cm³/mol. The smallest absolute Gasteiger partial charge is 0.139 e. The minimum Gasteiger partial charge on any atom is -0.483 e. The first-order chi connectivity index (χ1) is 14.7. The highest BCUT2D eigenvalue weighted by atomic mass is 79.9. The number of fused-ring (bicyclic) bond motifs is 1. The number of likely N-dealkylation sites (tertiary alicyclic amines) is 1. The van der Waals surface area contributed by atoms with E-state index in [2.05, 4.69) is 67.4 Å². The molecule has 30 heavy (non-hydrogen) atoms. The molecule has 1 saturated heterocycles. The van der Waals surface area contributed by atoms with Crippen LogP contribution in [0.3, 0.4) is 0 Å². The largest absolute Gasteiger partial charge is 0.483 e. The zero-order chi connectivity index (χ0) is 20.5. The molecular weight excluding hydrogens is 440 g/mol. The average molecular weight is 467 g/mol. The third-order valence-corrected chi connectivity index (χ3v) is 6.86. The van der Waals surface area contributed by atoms with Crippen molar-refractivity contribution < 1.29 is 4.74 Å². The molecule has 1 aliphatic carbocycles. The molecule has 5 rings (SSSR count). The lowest BCUT2D eigenvalue weighted by Gasteiger charge is -2.43. The molecule has 0 amide bonds. The average Bonchev–Trinajstić information content (AvgIpc) is 3.30. The second-order valence-corrected chi connectivity index (χ2v) is 9.27. The first-order valence-electron chi connectivity index (χ1n) is 10.7. The van der Waals surface area contributed by atoms with Gasteiger partial charge in [-0.2, -0.15) is 5.10 Å². The van der Waals surface area contributed by atoms with Crippen LogP contribution in [-0.4, -0.2) is 40.3 Å². The van der Waals surface area contributed by atoms with Gasteiger partial charge in [-0.3, -0.25) is 10.00 Å². The molecule has 2 aliphatic rings. The number of aryl methyl sites for hydroxylation is 1. The van der Waals surface area contributed by atoms with Crippen molar-refractivity contribution in [3.63, 3.8) is 0 Å². The number of benzene rings is 2. The van der Waals surface area contributed by atoms with Crippen LogP contribution in [0.25, 0.3) is 11.3 Å². The molecule has 5 nitrogen and oxygen atoms in total. The summed E-state index contributed by atoms with van der Waals surface area (Å²) < 4.78 is 7.86. The van der Waals surface area contributed by atoms with E-state index in [-0.39, 0.29) is 12.1 Å². The molecule has 2 aromatic carbocycles. The van der Waals surface area contributed by atoms with E-state index in [1.54, 1.807) is 6.20 Å². The first-order valence-corrected chi connectivity index (χ1v) is 11.5. The van der Waals surface area contributed by atoms with Gasteiger partial charge < -0.3 is 10.5 Å². The fraction of sp³-hybridized carbons (Fsp3) is 0.375. The van der Waals surface area contributed by atoms with Crippen LogP contribution in [0.15, 0.2) is 59.2 Å². The van der Waals surface area contributed by atoms with Gasteiger partial charge in [-0.05, 0) is 67.6 Å². The summed E-state index contributed by atoms with van der Waals surface area (Å²) in [4.78, 5) is 2.56. The Bertz CT molecular complexity index is 1010. The van der Waals surface area contributed by atoms with Gasteiger partial charge in [0.15, 0.2) is 0 Å². The second kappa shape index (κ2) is 8.53. The Morgan fingerprint density at radius 3 is 2.87 bits per heavy atom. The number of H-pyrrole nitrogens is 1. The number of aromatic amines is 1. The fourth-order valence-corrected chi connectivity index (χ4v) is 5.28. The van der Waals surface area contributed by atoms with Gasteiger partial charge in [0.05, 0.1) is 11.7 Å². The molecule has 3 N–H and O–H groups in total. The number of rotatable bonds is 4. The molecule has 0 spiro atoms. The SMILES string of the molecule is N[C@H]1CCCN(C2CCc3ccccc3C2Oc2ccc(Br)cc2-c2ccn[nH]2)C1. The number of hydrogen-bond acceptors (Lipinski definition) is 4. The van der Waals surface area contributed by atoms with E-state index < -0.39 is 0 Å². The summed E-state index contributed by atoms with van der Waals surface area (Å²) in [7, 11) is 0. The van der Waals surface area contributed by atoms with Crippen LogP contribution in [0.1, 0.15) is 36.5 Å². The summed E-state index contributed by atoms with van der Waals surface area (Å²) in [6.07, 6.45) is 6.19. The van der Waals surface area contributed by atoms with Crippen molar-refractivity contribution in [3.8, 4) is 17.0 Å². The molecule has 2 heterocycles. The van der Waals surface area contributed by atoms with Gasteiger partial charge in [0, 0.05) is 28.8 Å². The van der Waals surface area contributed by atoms with Crippen molar-refractivity contribution in [2.45, 2.75) is 43.9 Å². The molecule has 0 radical (unpaired) electrons. The third-order valence-electron chi connectivity index (χ3n) is 6.37. The highest BCUT2D eigenvalue weighted by Crippen LogP contribution is 2.40. The van der Waals surface area contributed by atoms with Gasteiger partial charge in [0.2, 0.25) is 0 Å². The van der Waals surface area contributed by atoms with E-state index in [0.717, 1.165) is 60.3 Å². The van der Waals surface area contributed by atoms with Gasteiger partial charge in [-0.15, -0.1) is 0 Å². The predicted octanol–water partition coefficient (Wildman–Crippen LogP) is 4.70. The molecule has 1 aliphatic heterocycles. The van der Waals surface area contributed by atoms with E-state index in [0.29, 0.717) is 6.04 Å². The number of hydrogen-bond donors (Lipinski definition) is 2. The van der Waals surface area contributed by atoms with Crippen LogP contribution in [0.5, 0.6) is 5.75 Å². The number of nitrogens with two attached hydrogens (primary N) is 1. The number of halogens is 1. The maximum atomic E-state index is 6.84. The van der Waals surface area contributed by atoms with Crippen molar-refractivity contribution in [3.05, 3.63) is 70.3 Å². The molecule has 6 heteroatoms. The molecular formula is C24H27BrN4O. The van der Waals surface area contributed by atoms with Crippen molar-refractivity contribution in [2.75, 3.05) is 13.1 Å². The van der Waals surface area contributed by atoms with Gasteiger partial charge in [-0.1, -0.05) is 40.2 Å². The topological polar surface area (TPSA) is 67.2 Å². The number of aromatic nitrogens is 2. The fourth-order valence-electron chi connectivity index (χ4n) is 4.92. The molecule has 3 atom stereocenters. The molecule has 0 bridgehead atoms. The summed E-state index contributed by atoms with van der Waals surface area (Å²) in [5, 5.41) is 7.21. The summed E-state index contributed by atoms with van der Waals surface area (Å²) in [5.74, 6) is 0.871. The minimum absolute atomic E-state index is 0.0249. The maximum Gasteiger partial charge on any atom is 0.139 e. The lowest BCUT2D eigenvalue weighted by molar-refractivity contribution is 0.0370. The van der Waals surface area contributed by atoms with E-state index >= 15 is 0 Å². The number of nitrogens with one attached hydrogen (secondary N) is 1. The lowest BCUT2D eigenvalue weighted by Crippen LogP contribution is -2.51. The number of ether oxygens (including phenoxy) is 1. The molecule has 3 aromatic rings. The number of piperidine rings is 1. The first kappa shape index (κ1) is 19.8. The number of nitrogens with zero attached hydrogens (tertiary/aromatic N) is 2. The van der Waals surface area contributed by atoms with Crippen LogP contribution in [0.4, 0.5) is 0 Å². The van der Waals surface area contributed by atoms with Gasteiger partial charge in [0.25, 0.3) is 0 Å². The van der Waals surface area contributed by atoms with E-state index in [1.165, 1.54) is 11.1 Å². The van der Waals surface area contributed by atoms with E-state index in [9.17, 15) is 0 Å². The standard InChI is InChI=1S/C24H27BrN4O/c25-17-8-10-23(20(14-17)21-11-12-27-28-21)30-24-19-6-2-1-4-16(19)7-9-22(24)29-13-3-5-18(26)15-29/h1-2,4,6,8,10-12,14,18,22,24H,3,5,7,9,13,15,26H2,(H,27,28)/t18-,22?,24?/m0/s1. The zero-order valence-electron chi connectivity index (χ0n) is 16.9. The van der Waals surface area contributed by atoms with Gasteiger partial charge >= 0.3 is 0 Å². The summed E-state index contributed by atoms with van der Waals surface area (Å²) in [5.41, 5.74) is 11.0. The second-order valence-electron chi connectivity index (χ2n) is 8.35. The van der Waals surface area contributed by atoms with Gasteiger partial charge in [-0.25, -0.2) is 0 Å². The molecule has 156 valence electrons. The highest BCUT2D eigenvalue weighted by molar-refractivity contribution is 9.10. The van der Waals surface area contributed by atoms with Gasteiger partial charge in [0.1, 0.15) is 11.9 Å². The van der Waals surface area contributed by atoms with Crippen LogP contribution in [0.2, 0.25) is 0 Å². The Morgan fingerprint density at radius 1 is 1.13 bits per heavy atom. The Kier molecular flexibility index (Phi) is 5.63. The maximum absolute atomic E-state index is 6.84. The molecule has 1 aromatic heterocycles. The molecule has 0 saturated carbocycles.